The van der Waals surface area contributed by atoms with Gasteiger partial charge in [0.2, 0.25) is 0 Å². The summed E-state index contributed by atoms with van der Waals surface area (Å²) in [4.78, 5) is 32.2. The average molecular weight is 389 g/mol. The summed E-state index contributed by atoms with van der Waals surface area (Å²) in [5.74, 6) is 0.330. The highest BCUT2D eigenvalue weighted by Gasteiger charge is 2.32. The number of unbranched alkanes of at least 4 members (excludes halogenated alkanes) is 1. The number of aromatic nitrogens is 2. The third-order valence-corrected chi connectivity index (χ3v) is 5.38. The Labute approximate surface area is 161 Å². The van der Waals surface area contributed by atoms with Crippen molar-refractivity contribution < 1.29 is 4.79 Å². The van der Waals surface area contributed by atoms with Crippen molar-refractivity contribution in [3.05, 3.63) is 45.2 Å². The number of thiocarbonyl (C=S) groups is 1. The summed E-state index contributed by atoms with van der Waals surface area (Å²) in [5, 5.41) is 3.12. The maximum atomic E-state index is 12.9. The van der Waals surface area contributed by atoms with E-state index in [1.807, 2.05) is 13.0 Å². The lowest BCUT2D eigenvalue weighted by atomic mass is 10.2. The van der Waals surface area contributed by atoms with Crippen molar-refractivity contribution in [3.63, 3.8) is 0 Å². The highest BCUT2D eigenvalue weighted by atomic mass is 32.2. The van der Waals surface area contributed by atoms with Crippen LogP contribution in [0.2, 0.25) is 0 Å². The lowest BCUT2D eigenvalue weighted by molar-refractivity contribution is -0.122. The van der Waals surface area contributed by atoms with Gasteiger partial charge < -0.3 is 5.32 Å². The Morgan fingerprint density at radius 1 is 1.31 bits per heavy atom. The van der Waals surface area contributed by atoms with E-state index in [1.165, 1.54) is 16.2 Å². The molecule has 26 heavy (non-hydrogen) atoms. The number of amides is 1. The van der Waals surface area contributed by atoms with Crippen molar-refractivity contribution >= 4 is 51.7 Å². The van der Waals surface area contributed by atoms with E-state index in [9.17, 15) is 9.59 Å². The molecule has 0 aliphatic carbocycles. The molecule has 8 heteroatoms. The van der Waals surface area contributed by atoms with Gasteiger partial charge in [0, 0.05) is 19.3 Å². The zero-order valence-electron chi connectivity index (χ0n) is 14.7. The molecule has 136 valence electrons. The van der Waals surface area contributed by atoms with Crippen LogP contribution in [0.1, 0.15) is 32.3 Å². The Kier molecular flexibility index (Phi) is 5.73. The number of pyridine rings is 1. The molecule has 0 aromatic carbocycles. The lowest BCUT2D eigenvalue weighted by Crippen LogP contribution is -2.29. The molecule has 0 saturated carbocycles. The number of nitrogens with zero attached hydrogens (tertiary/aromatic N) is 3. The fourth-order valence-corrected chi connectivity index (χ4v) is 3.97. The van der Waals surface area contributed by atoms with E-state index in [-0.39, 0.29) is 11.5 Å². The van der Waals surface area contributed by atoms with Gasteiger partial charge in [-0.1, -0.05) is 43.4 Å². The molecule has 1 aliphatic heterocycles. The minimum atomic E-state index is -0.217. The number of rotatable bonds is 6. The first kappa shape index (κ1) is 18.6. The summed E-state index contributed by atoms with van der Waals surface area (Å²) in [7, 11) is 0. The Morgan fingerprint density at radius 3 is 2.85 bits per heavy atom. The van der Waals surface area contributed by atoms with Crippen molar-refractivity contribution in [2.24, 2.45) is 0 Å². The van der Waals surface area contributed by atoms with Gasteiger partial charge >= 0.3 is 0 Å². The van der Waals surface area contributed by atoms with Crippen LogP contribution in [0.25, 0.3) is 11.7 Å². The summed E-state index contributed by atoms with van der Waals surface area (Å²) in [6, 6.07) is 5.38. The first-order chi connectivity index (χ1) is 12.6. The van der Waals surface area contributed by atoms with Crippen LogP contribution in [0.4, 0.5) is 5.82 Å². The average Bonchev–Trinajstić information content (AvgIpc) is 2.90. The van der Waals surface area contributed by atoms with Gasteiger partial charge in [0.05, 0.1) is 10.5 Å². The molecule has 0 unspecified atom stereocenters. The first-order valence-corrected chi connectivity index (χ1v) is 9.80. The van der Waals surface area contributed by atoms with Crippen LogP contribution in [0.15, 0.2) is 34.1 Å². The zero-order valence-corrected chi connectivity index (χ0v) is 16.3. The topological polar surface area (TPSA) is 66.7 Å². The fraction of sp³-hybridized carbons (Fsp3) is 0.333. The van der Waals surface area contributed by atoms with E-state index < -0.39 is 0 Å². The van der Waals surface area contributed by atoms with E-state index in [0.717, 1.165) is 12.8 Å². The smallest absolute Gasteiger partial charge is 0.267 e. The molecule has 3 heterocycles. The van der Waals surface area contributed by atoms with Crippen molar-refractivity contribution in [1.82, 2.24) is 14.3 Å². The van der Waals surface area contributed by atoms with Gasteiger partial charge in [0.15, 0.2) is 0 Å². The Bertz CT molecular complexity index is 952. The summed E-state index contributed by atoms with van der Waals surface area (Å²) in [5.41, 5.74) is 0.706. The normalized spacial score (nSPS) is 16.1. The quantitative estimate of drug-likeness (QED) is 0.606. The van der Waals surface area contributed by atoms with E-state index in [4.69, 9.17) is 12.2 Å². The van der Waals surface area contributed by atoms with Crippen molar-refractivity contribution in [3.8, 4) is 0 Å². The van der Waals surface area contributed by atoms with Gasteiger partial charge in [-0.15, -0.1) is 0 Å². The number of fused-ring (bicyclic) bond motifs is 1. The Hall–Kier alpha value is -2.19. The molecule has 3 rings (SSSR count). The predicted octanol–water partition coefficient (Wildman–Crippen LogP) is 3.13. The van der Waals surface area contributed by atoms with E-state index in [2.05, 4.69) is 17.2 Å². The molecule has 0 bridgehead atoms. The molecule has 1 aliphatic rings. The monoisotopic (exact) mass is 388 g/mol. The van der Waals surface area contributed by atoms with Gasteiger partial charge in [-0.25, -0.2) is 4.98 Å². The molecular formula is C18H20N4O2S2. The van der Waals surface area contributed by atoms with E-state index in [0.29, 0.717) is 39.3 Å². The molecule has 2 aromatic heterocycles. The summed E-state index contributed by atoms with van der Waals surface area (Å²) in [6.45, 7) is 5.22. The minimum absolute atomic E-state index is 0.145. The zero-order chi connectivity index (χ0) is 18.7. The van der Waals surface area contributed by atoms with Crippen LogP contribution in [0.3, 0.4) is 0 Å². The third kappa shape index (κ3) is 3.52. The van der Waals surface area contributed by atoms with Crippen molar-refractivity contribution in [1.29, 1.82) is 0 Å². The highest BCUT2D eigenvalue weighted by molar-refractivity contribution is 8.26. The molecule has 1 saturated heterocycles. The van der Waals surface area contributed by atoms with Crippen LogP contribution in [-0.2, 0) is 4.79 Å². The van der Waals surface area contributed by atoms with Gasteiger partial charge in [0.1, 0.15) is 15.8 Å². The third-order valence-electron chi connectivity index (χ3n) is 4.00. The number of nitrogens with one attached hydrogen (secondary N) is 1. The van der Waals surface area contributed by atoms with E-state index in [1.54, 1.807) is 29.3 Å². The van der Waals surface area contributed by atoms with E-state index >= 15 is 0 Å². The predicted molar refractivity (Wildman–Crippen MR) is 110 cm³/mol. The Balaban J connectivity index is 2.07. The maximum Gasteiger partial charge on any atom is 0.267 e. The molecule has 0 spiro atoms. The molecule has 1 N–H and O–H groups in total. The summed E-state index contributed by atoms with van der Waals surface area (Å²) >= 11 is 6.56. The van der Waals surface area contributed by atoms with Gasteiger partial charge in [0.25, 0.3) is 11.5 Å². The second-order valence-corrected chi connectivity index (χ2v) is 7.50. The maximum absolute atomic E-state index is 12.9. The molecule has 2 aromatic rings. The van der Waals surface area contributed by atoms with Crippen molar-refractivity contribution in [2.75, 3.05) is 18.4 Å². The molecule has 6 nitrogen and oxygen atoms in total. The second kappa shape index (κ2) is 8.01. The number of carbonyl (C=O) groups is 1. The molecule has 1 amide bonds. The van der Waals surface area contributed by atoms with Crippen LogP contribution in [0.5, 0.6) is 0 Å². The minimum Gasteiger partial charge on any atom is -0.370 e. The number of anilines is 1. The highest BCUT2D eigenvalue weighted by Crippen LogP contribution is 2.33. The van der Waals surface area contributed by atoms with Crippen LogP contribution < -0.4 is 10.9 Å². The molecule has 0 atom stereocenters. The number of hydrogen-bond donors (Lipinski definition) is 1. The Morgan fingerprint density at radius 2 is 2.12 bits per heavy atom. The van der Waals surface area contributed by atoms with Crippen molar-refractivity contribution in [2.45, 2.75) is 26.7 Å². The standard InChI is InChI=1S/C18H20N4O2S2/c1-3-5-9-22-17(24)13(26-18(22)25)11-12-15(19-4-2)20-14-8-6-7-10-21(14)16(12)23/h6-8,10-11,19H,3-5,9H2,1-2H3/b13-11+. The van der Waals surface area contributed by atoms with Gasteiger partial charge in [-0.2, -0.15) is 0 Å². The number of hydrogen-bond acceptors (Lipinski definition) is 6. The molecule has 0 radical (unpaired) electrons. The number of thioether (sulfide) groups is 1. The number of carbonyl (C=O) groups excluding carboxylic acids is 1. The van der Waals surface area contributed by atoms with Gasteiger partial charge in [-0.3, -0.25) is 18.9 Å². The first-order valence-electron chi connectivity index (χ1n) is 8.57. The van der Waals surface area contributed by atoms with Crippen LogP contribution in [-0.4, -0.2) is 37.6 Å². The summed E-state index contributed by atoms with van der Waals surface area (Å²) < 4.78 is 2.01. The second-order valence-electron chi connectivity index (χ2n) is 5.83. The van der Waals surface area contributed by atoms with Crippen LogP contribution in [0, 0.1) is 0 Å². The molecular weight excluding hydrogens is 368 g/mol. The lowest BCUT2D eigenvalue weighted by Gasteiger charge is -2.13. The molecule has 1 fully saturated rings. The van der Waals surface area contributed by atoms with Crippen LogP contribution >= 0.6 is 24.0 Å². The summed E-state index contributed by atoms with van der Waals surface area (Å²) in [6.07, 6.45) is 5.15. The largest absolute Gasteiger partial charge is 0.370 e. The SMILES string of the molecule is CCCCN1C(=O)/C(=C\c2c(NCC)nc3ccccn3c2=O)SC1=S. The van der Waals surface area contributed by atoms with Gasteiger partial charge in [-0.05, 0) is 31.6 Å². The fourth-order valence-electron chi connectivity index (χ4n) is 2.68.